The lowest BCUT2D eigenvalue weighted by atomic mass is 10.1. The maximum Gasteiger partial charge on any atom is 0.326 e. The van der Waals surface area contributed by atoms with Gasteiger partial charge in [-0.1, -0.05) is 0 Å². The zero-order valence-electron chi connectivity index (χ0n) is 11.5. The van der Waals surface area contributed by atoms with Crippen molar-refractivity contribution in [3.63, 3.8) is 0 Å². The monoisotopic (exact) mass is 287 g/mol. The van der Waals surface area contributed by atoms with Gasteiger partial charge in [0.05, 0.1) is 0 Å². The fraction of sp³-hybridized carbons (Fsp3) is 0.750. The Morgan fingerprint density at radius 2 is 2.00 bits per heavy atom. The number of carbonyl (C=O) groups excluding carboxylic acids is 2. The number of ether oxygens (including phenoxy) is 1. The highest BCUT2D eigenvalue weighted by molar-refractivity contribution is 5.83. The first-order valence-electron chi connectivity index (χ1n) is 6.54. The number of carbonyl (C=O) groups is 3. The lowest BCUT2D eigenvalue weighted by Crippen LogP contribution is -2.51. The minimum absolute atomic E-state index is 0.0158. The molecule has 1 aliphatic heterocycles. The Balaban J connectivity index is 2.51. The number of nitrogens with two attached hydrogens (primary N) is 1. The van der Waals surface area contributed by atoms with Crippen LogP contribution in [0.4, 0.5) is 4.79 Å². The second-order valence-electron chi connectivity index (χ2n) is 4.80. The molecule has 4 N–H and O–H groups in total. The number of hydrogen-bond acceptors (Lipinski definition) is 4. The van der Waals surface area contributed by atoms with Crippen LogP contribution in [0.5, 0.6) is 0 Å². The minimum atomic E-state index is -1.18. The standard InChI is InChI=1S/C12H21N3O5/c1-15(8-4-6-20-7-5-8)12(19)14-9(11(17)18)2-3-10(13)16/h8-9H,2-7H2,1H3,(H2,13,16)(H,14,19)(H,17,18). The largest absolute Gasteiger partial charge is 0.480 e. The topological polar surface area (TPSA) is 122 Å². The van der Waals surface area contributed by atoms with E-state index in [2.05, 4.69) is 5.32 Å². The molecule has 1 heterocycles. The van der Waals surface area contributed by atoms with Crippen LogP contribution in [-0.4, -0.2) is 60.3 Å². The van der Waals surface area contributed by atoms with Gasteiger partial charge < -0.3 is 25.8 Å². The van der Waals surface area contributed by atoms with Crippen LogP contribution in [0.1, 0.15) is 25.7 Å². The Hall–Kier alpha value is -1.83. The van der Waals surface area contributed by atoms with Crippen LogP contribution in [0.15, 0.2) is 0 Å². The summed E-state index contributed by atoms with van der Waals surface area (Å²) in [5, 5.41) is 11.4. The van der Waals surface area contributed by atoms with E-state index in [4.69, 9.17) is 15.6 Å². The van der Waals surface area contributed by atoms with Crippen molar-refractivity contribution < 1.29 is 24.2 Å². The average Bonchev–Trinajstić information content (AvgIpc) is 2.42. The van der Waals surface area contributed by atoms with Gasteiger partial charge in [-0.25, -0.2) is 9.59 Å². The van der Waals surface area contributed by atoms with Gasteiger partial charge in [-0.15, -0.1) is 0 Å². The molecule has 114 valence electrons. The number of carboxylic acid groups (broad SMARTS) is 1. The number of primary amides is 1. The smallest absolute Gasteiger partial charge is 0.326 e. The molecular weight excluding hydrogens is 266 g/mol. The summed E-state index contributed by atoms with van der Waals surface area (Å²) in [6, 6.07) is -1.54. The molecule has 8 nitrogen and oxygen atoms in total. The summed E-state index contributed by atoms with van der Waals surface area (Å²) in [6.45, 7) is 1.18. The number of aliphatic carboxylic acids is 1. The van der Waals surface area contributed by atoms with Crippen molar-refractivity contribution in [2.75, 3.05) is 20.3 Å². The van der Waals surface area contributed by atoms with Gasteiger partial charge in [-0.3, -0.25) is 4.79 Å². The highest BCUT2D eigenvalue weighted by Crippen LogP contribution is 2.13. The first kappa shape index (κ1) is 16.2. The molecule has 3 amide bonds. The highest BCUT2D eigenvalue weighted by atomic mass is 16.5. The average molecular weight is 287 g/mol. The van der Waals surface area contributed by atoms with Crippen LogP contribution in [0.3, 0.4) is 0 Å². The Bertz CT molecular complexity index is 368. The maximum atomic E-state index is 12.0. The van der Waals surface area contributed by atoms with Gasteiger partial charge in [-0.2, -0.15) is 0 Å². The van der Waals surface area contributed by atoms with Crippen molar-refractivity contribution in [2.45, 2.75) is 37.8 Å². The van der Waals surface area contributed by atoms with Gasteiger partial charge in [0.15, 0.2) is 0 Å². The van der Waals surface area contributed by atoms with Crippen molar-refractivity contribution >= 4 is 17.9 Å². The molecule has 1 aliphatic rings. The molecule has 1 atom stereocenters. The number of carboxylic acids is 1. The zero-order chi connectivity index (χ0) is 15.1. The van der Waals surface area contributed by atoms with Gasteiger partial charge in [0.1, 0.15) is 6.04 Å². The summed E-state index contributed by atoms with van der Waals surface area (Å²) >= 11 is 0. The molecule has 0 saturated carbocycles. The van der Waals surface area contributed by atoms with Crippen molar-refractivity contribution in [3.05, 3.63) is 0 Å². The quantitative estimate of drug-likeness (QED) is 0.609. The third-order valence-corrected chi connectivity index (χ3v) is 3.33. The molecule has 1 fully saturated rings. The fourth-order valence-corrected chi connectivity index (χ4v) is 2.03. The summed E-state index contributed by atoms with van der Waals surface area (Å²) in [7, 11) is 1.62. The van der Waals surface area contributed by atoms with Gasteiger partial charge in [0.25, 0.3) is 0 Å². The lowest BCUT2D eigenvalue weighted by Gasteiger charge is -2.32. The van der Waals surface area contributed by atoms with Gasteiger partial charge in [0.2, 0.25) is 5.91 Å². The number of hydrogen-bond donors (Lipinski definition) is 3. The summed E-state index contributed by atoms with van der Waals surface area (Å²) in [6.07, 6.45) is 1.35. The zero-order valence-corrected chi connectivity index (χ0v) is 11.5. The Kier molecular flexibility index (Phi) is 6.23. The molecule has 1 unspecified atom stereocenters. The third kappa shape index (κ3) is 5.04. The third-order valence-electron chi connectivity index (χ3n) is 3.33. The van der Waals surface area contributed by atoms with E-state index in [-0.39, 0.29) is 18.9 Å². The molecule has 0 aliphatic carbocycles. The predicted octanol–water partition coefficient (Wildman–Crippen LogP) is -0.474. The van der Waals surface area contributed by atoms with Crippen LogP contribution < -0.4 is 11.1 Å². The molecule has 0 radical (unpaired) electrons. The van der Waals surface area contributed by atoms with E-state index < -0.39 is 23.9 Å². The van der Waals surface area contributed by atoms with Crippen LogP contribution in [-0.2, 0) is 14.3 Å². The molecule has 1 rings (SSSR count). The number of rotatable bonds is 6. The molecule has 20 heavy (non-hydrogen) atoms. The molecule has 0 bridgehead atoms. The first-order chi connectivity index (χ1) is 9.41. The first-order valence-corrected chi connectivity index (χ1v) is 6.54. The van der Waals surface area contributed by atoms with E-state index in [1.165, 1.54) is 4.90 Å². The second-order valence-corrected chi connectivity index (χ2v) is 4.80. The van der Waals surface area contributed by atoms with Gasteiger partial charge >= 0.3 is 12.0 Å². The molecule has 0 aromatic rings. The lowest BCUT2D eigenvalue weighted by molar-refractivity contribution is -0.139. The second kappa shape index (κ2) is 7.68. The van der Waals surface area contributed by atoms with Crippen molar-refractivity contribution in [1.29, 1.82) is 0 Å². The summed E-state index contributed by atoms with van der Waals surface area (Å²) < 4.78 is 5.21. The molecule has 0 aromatic heterocycles. The van der Waals surface area contributed by atoms with E-state index in [9.17, 15) is 14.4 Å². The maximum absolute atomic E-state index is 12.0. The highest BCUT2D eigenvalue weighted by Gasteiger charge is 2.26. The van der Waals surface area contributed by atoms with E-state index in [0.717, 1.165) is 12.8 Å². The number of nitrogens with zero attached hydrogens (tertiary/aromatic N) is 1. The van der Waals surface area contributed by atoms with E-state index in [1.54, 1.807) is 7.05 Å². The van der Waals surface area contributed by atoms with E-state index in [1.807, 2.05) is 0 Å². The Morgan fingerprint density at radius 3 is 2.50 bits per heavy atom. The number of urea groups is 1. The van der Waals surface area contributed by atoms with Gasteiger partial charge in [0, 0.05) is 32.7 Å². The summed E-state index contributed by atoms with van der Waals surface area (Å²) in [5.41, 5.74) is 4.98. The van der Waals surface area contributed by atoms with Crippen LogP contribution in [0.2, 0.25) is 0 Å². The SMILES string of the molecule is CN(C(=O)NC(CCC(N)=O)C(=O)O)C1CCOCC1. The van der Waals surface area contributed by atoms with Crippen LogP contribution >= 0.6 is 0 Å². The number of nitrogens with one attached hydrogen (secondary N) is 1. The minimum Gasteiger partial charge on any atom is -0.480 e. The molecule has 0 spiro atoms. The van der Waals surface area contributed by atoms with Crippen molar-refractivity contribution in [3.8, 4) is 0 Å². The predicted molar refractivity (Wildman–Crippen MR) is 70.0 cm³/mol. The molecule has 8 heteroatoms. The van der Waals surface area contributed by atoms with Gasteiger partial charge in [-0.05, 0) is 19.3 Å². The Morgan fingerprint density at radius 1 is 1.40 bits per heavy atom. The van der Waals surface area contributed by atoms with E-state index in [0.29, 0.717) is 13.2 Å². The number of amides is 3. The van der Waals surface area contributed by atoms with Crippen LogP contribution in [0, 0.1) is 0 Å². The molecule has 0 aromatic carbocycles. The van der Waals surface area contributed by atoms with E-state index >= 15 is 0 Å². The molecular formula is C12H21N3O5. The van der Waals surface area contributed by atoms with Crippen LogP contribution in [0.25, 0.3) is 0 Å². The van der Waals surface area contributed by atoms with Crippen molar-refractivity contribution in [1.82, 2.24) is 10.2 Å². The normalized spacial score (nSPS) is 17.2. The van der Waals surface area contributed by atoms with Crippen molar-refractivity contribution in [2.24, 2.45) is 5.73 Å². The summed E-state index contributed by atoms with van der Waals surface area (Å²) in [4.78, 5) is 35.2. The fourth-order valence-electron chi connectivity index (χ4n) is 2.03. The summed E-state index contributed by atoms with van der Waals surface area (Å²) in [5.74, 6) is -1.77. The Labute approximate surface area is 117 Å². The molecule has 1 saturated heterocycles.